The van der Waals surface area contributed by atoms with Crippen LogP contribution in [0.1, 0.15) is 15.9 Å². The number of nitrogens with zero attached hydrogens (tertiary/aromatic N) is 1. The number of rotatable bonds is 5. The molecule has 126 valence electrons. The Kier molecular flexibility index (Phi) is 5.00. The van der Waals surface area contributed by atoms with Crippen molar-refractivity contribution in [3.63, 3.8) is 0 Å². The van der Waals surface area contributed by atoms with Crippen LogP contribution in [0.2, 0.25) is 0 Å². The quantitative estimate of drug-likeness (QED) is 0.690. The number of carbonyl (C=O) groups is 2. The number of thioether (sulfide) groups is 1. The van der Waals surface area contributed by atoms with Crippen LogP contribution in [0.3, 0.4) is 0 Å². The van der Waals surface area contributed by atoms with Crippen molar-refractivity contribution in [3.8, 4) is 0 Å². The van der Waals surface area contributed by atoms with Gasteiger partial charge in [-0.15, -0.1) is 11.8 Å². The number of nitrogens with two attached hydrogens (primary N) is 1. The minimum Gasteiger partial charge on any atom is -0.369 e. The largest absolute Gasteiger partial charge is 0.369 e. The number of nitrogens with one attached hydrogen (secondary N) is 1. The summed E-state index contributed by atoms with van der Waals surface area (Å²) in [6, 6.07) is 14.7. The van der Waals surface area contributed by atoms with Crippen molar-refractivity contribution in [2.45, 2.75) is 11.8 Å². The lowest BCUT2D eigenvalue weighted by Crippen LogP contribution is -2.15. The van der Waals surface area contributed by atoms with Gasteiger partial charge in [0.2, 0.25) is 5.91 Å². The molecule has 0 aliphatic carbocycles. The first-order valence-corrected chi connectivity index (χ1v) is 8.70. The van der Waals surface area contributed by atoms with E-state index in [9.17, 15) is 9.59 Å². The van der Waals surface area contributed by atoms with Gasteiger partial charge in [-0.05, 0) is 42.8 Å². The second-order valence-corrected chi connectivity index (χ2v) is 6.55. The summed E-state index contributed by atoms with van der Waals surface area (Å²) in [4.78, 5) is 28.9. The number of aromatic nitrogens is 1. The lowest BCUT2D eigenvalue weighted by molar-refractivity contribution is -0.115. The van der Waals surface area contributed by atoms with Gasteiger partial charge in [0.25, 0.3) is 5.91 Å². The summed E-state index contributed by atoms with van der Waals surface area (Å²) >= 11 is 1.25. The Morgan fingerprint density at radius 3 is 2.72 bits per heavy atom. The van der Waals surface area contributed by atoms with E-state index >= 15 is 0 Å². The molecule has 0 spiro atoms. The van der Waals surface area contributed by atoms with Crippen molar-refractivity contribution in [2.24, 2.45) is 5.73 Å². The van der Waals surface area contributed by atoms with E-state index in [0.29, 0.717) is 16.1 Å². The Labute approximate surface area is 149 Å². The monoisotopic (exact) mass is 351 g/mol. The van der Waals surface area contributed by atoms with E-state index in [0.717, 1.165) is 16.5 Å². The molecule has 1 heterocycles. The van der Waals surface area contributed by atoms with E-state index < -0.39 is 5.91 Å². The van der Waals surface area contributed by atoms with Gasteiger partial charge >= 0.3 is 0 Å². The van der Waals surface area contributed by atoms with Gasteiger partial charge in [-0.3, -0.25) is 14.6 Å². The van der Waals surface area contributed by atoms with Crippen LogP contribution in [0.15, 0.2) is 59.6 Å². The molecule has 2 amide bonds. The van der Waals surface area contributed by atoms with Crippen molar-refractivity contribution in [1.29, 1.82) is 0 Å². The van der Waals surface area contributed by atoms with Crippen molar-refractivity contribution in [2.75, 3.05) is 11.1 Å². The van der Waals surface area contributed by atoms with Crippen LogP contribution < -0.4 is 11.1 Å². The van der Waals surface area contributed by atoms with Gasteiger partial charge in [-0.25, -0.2) is 0 Å². The van der Waals surface area contributed by atoms with E-state index in [4.69, 9.17) is 5.73 Å². The van der Waals surface area contributed by atoms with E-state index in [-0.39, 0.29) is 11.7 Å². The second kappa shape index (κ2) is 7.36. The average Bonchev–Trinajstić information content (AvgIpc) is 2.62. The molecule has 0 saturated heterocycles. The van der Waals surface area contributed by atoms with Crippen molar-refractivity contribution < 1.29 is 9.59 Å². The third-order valence-electron chi connectivity index (χ3n) is 3.72. The highest BCUT2D eigenvalue weighted by Gasteiger charge is 2.14. The maximum atomic E-state index is 12.7. The number of amides is 2. The lowest BCUT2D eigenvalue weighted by atomic mass is 10.1. The Hall–Kier alpha value is -2.86. The normalized spacial score (nSPS) is 10.6. The molecule has 6 heteroatoms. The first kappa shape index (κ1) is 17.0. The van der Waals surface area contributed by atoms with Gasteiger partial charge in [-0.1, -0.05) is 18.2 Å². The number of pyridine rings is 1. The van der Waals surface area contributed by atoms with Crippen LogP contribution in [-0.4, -0.2) is 22.6 Å². The smallest absolute Gasteiger partial charge is 0.256 e. The van der Waals surface area contributed by atoms with Crippen LogP contribution in [0, 0.1) is 6.92 Å². The highest BCUT2D eigenvalue weighted by molar-refractivity contribution is 8.00. The molecule has 0 unspecified atom stereocenters. The summed E-state index contributed by atoms with van der Waals surface area (Å²) in [5.74, 6) is -0.529. The minimum atomic E-state index is -0.421. The highest BCUT2D eigenvalue weighted by Crippen LogP contribution is 2.27. The Balaban J connectivity index is 1.91. The second-order valence-electron chi connectivity index (χ2n) is 5.53. The minimum absolute atomic E-state index is 0.127. The molecule has 1 aromatic heterocycles. The van der Waals surface area contributed by atoms with Crippen molar-refractivity contribution in [3.05, 3.63) is 65.9 Å². The molecule has 2 aromatic carbocycles. The topological polar surface area (TPSA) is 85.1 Å². The molecule has 5 nitrogen and oxygen atoms in total. The zero-order valence-electron chi connectivity index (χ0n) is 13.7. The van der Waals surface area contributed by atoms with Crippen molar-refractivity contribution in [1.82, 2.24) is 4.98 Å². The van der Waals surface area contributed by atoms with Crippen LogP contribution in [0.5, 0.6) is 0 Å². The molecule has 0 bridgehead atoms. The van der Waals surface area contributed by atoms with Gasteiger partial charge in [0, 0.05) is 16.5 Å². The first-order chi connectivity index (χ1) is 12.1. The van der Waals surface area contributed by atoms with E-state index in [1.54, 1.807) is 24.4 Å². The summed E-state index contributed by atoms with van der Waals surface area (Å²) in [6.45, 7) is 1.98. The molecule has 0 fully saturated rings. The van der Waals surface area contributed by atoms with Crippen LogP contribution in [-0.2, 0) is 4.79 Å². The number of hydrogen-bond donors (Lipinski definition) is 2. The molecule has 3 rings (SSSR count). The molecule has 3 N–H and O–H groups in total. The van der Waals surface area contributed by atoms with Crippen molar-refractivity contribution >= 4 is 40.2 Å². The maximum Gasteiger partial charge on any atom is 0.256 e. The average molecular weight is 351 g/mol. The van der Waals surface area contributed by atoms with E-state index in [2.05, 4.69) is 10.3 Å². The van der Waals surface area contributed by atoms with E-state index in [1.807, 2.05) is 37.3 Å². The lowest BCUT2D eigenvalue weighted by Gasteiger charge is -2.12. The zero-order chi connectivity index (χ0) is 17.8. The predicted octanol–water partition coefficient (Wildman–Crippen LogP) is 3.37. The fourth-order valence-electron chi connectivity index (χ4n) is 2.54. The number of aryl methyl sites for hydroxylation is 1. The maximum absolute atomic E-state index is 12.7. The van der Waals surface area contributed by atoms with E-state index in [1.165, 1.54) is 11.8 Å². The van der Waals surface area contributed by atoms with Gasteiger partial charge in [0.15, 0.2) is 0 Å². The number of hydrogen-bond acceptors (Lipinski definition) is 4. The van der Waals surface area contributed by atoms with Gasteiger partial charge in [-0.2, -0.15) is 0 Å². The molecular formula is C19H17N3O2S. The van der Waals surface area contributed by atoms with Crippen LogP contribution >= 0.6 is 11.8 Å². The fraction of sp³-hybridized carbons (Fsp3) is 0.105. The van der Waals surface area contributed by atoms with Crippen LogP contribution in [0.25, 0.3) is 10.9 Å². The molecule has 0 aliphatic rings. The number of anilines is 1. The summed E-state index contributed by atoms with van der Waals surface area (Å²) < 4.78 is 0. The Bertz CT molecular complexity index is 956. The van der Waals surface area contributed by atoms with Gasteiger partial charge in [0.05, 0.1) is 22.5 Å². The fourth-order valence-corrected chi connectivity index (χ4v) is 3.33. The Morgan fingerprint density at radius 1 is 1.12 bits per heavy atom. The van der Waals surface area contributed by atoms with Gasteiger partial charge < -0.3 is 11.1 Å². The zero-order valence-corrected chi connectivity index (χ0v) is 14.5. The summed E-state index contributed by atoms with van der Waals surface area (Å²) in [5.41, 5.74) is 8.31. The molecule has 0 radical (unpaired) electrons. The van der Waals surface area contributed by atoms with Gasteiger partial charge in [0.1, 0.15) is 0 Å². The number of primary amides is 1. The number of benzene rings is 2. The molecule has 0 aliphatic heterocycles. The molecule has 0 atom stereocenters. The Morgan fingerprint density at radius 2 is 1.92 bits per heavy atom. The van der Waals surface area contributed by atoms with Crippen LogP contribution in [0.4, 0.5) is 5.69 Å². The molecule has 3 aromatic rings. The summed E-state index contributed by atoms with van der Waals surface area (Å²) in [7, 11) is 0. The predicted molar refractivity (Wildman–Crippen MR) is 101 cm³/mol. The highest BCUT2D eigenvalue weighted by atomic mass is 32.2. The third kappa shape index (κ3) is 3.80. The first-order valence-electron chi connectivity index (χ1n) is 7.72. The SMILES string of the molecule is Cc1ccc(NC(=O)c2ccccc2SCC(N)=O)c2cccnc12. The number of carbonyl (C=O) groups excluding carboxylic acids is 2. The molecule has 25 heavy (non-hydrogen) atoms. The summed E-state index contributed by atoms with van der Waals surface area (Å²) in [5, 5.41) is 3.84. The number of fused-ring (bicyclic) bond motifs is 1. The summed E-state index contributed by atoms with van der Waals surface area (Å²) in [6.07, 6.45) is 1.73. The standard InChI is InChI=1S/C19H17N3O2S/c1-12-8-9-15(13-6-4-10-21-18(12)13)22-19(24)14-5-2-3-7-16(14)25-11-17(20)23/h2-10H,11H2,1H3,(H2,20,23)(H,22,24). The molecular weight excluding hydrogens is 334 g/mol. The molecule has 0 saturated carbocycles. The third-order valence-corrected chi connectivity index (χ3v) is 4.82.